The van der Waals surface area contributed by atoms with Gasteiger partial charge in [0.1, 0.15) is 5.82 Å². The number of amides is 1. The second kappa shape index (κ2) is 8.29. The first-order valence-electron chi connectivity index (χ1n) is 6.74. The maximum atomic E-state index is 11.9. The predicted molar refractivity (Wildman–Crippen MR) is 83.6 cm³/mol. The molecule has 0 atom stereocenters. The summed E-state index contributed by atoms with van der Waals surface area (Å²) in [6.45, 7) is 2.05. The molecule has 3 rings (SSSR count). The van der Waals surface area contributed by atoms with Gasteiger partial charge in [0, 0.05) is 11.6 Å². The molecule has 0 unspecified atom stereocenters. The number of hydrogen-bond acceptors (Lipinski definition) is 2. The van der Waals surface area contributed by atoms with E-state index in [1.807, 2.05) is 24.3 Å². The summed E-state index contributed by atoms with van der Waals surface area (Å²) in [5, 5.41) is 2.91. The van der Waals surface area contributed by atoms with Gasteiger partial charge in [-0.15, -0.1) is 12.2 Å². The topological polar surface area (TPSA) is 42.0 Å². The van der Waals surface area contributed by atoms with Crippen LogP contribution in [-0.2, 0) is 4.79 Å². The molecule has 0 radical (unpaired) electrons. The third-order valence-corrected chi connectivity index (χ3v) is 3.71. The van der Waals surface area contributed by atoms with Crippen LogP contribution in [0.15, 0.2) is 24.3 Å². The van der Waals surface area contributed by atoms with E-state index in [-0.39, 0.29) is 70.6 Å². The Hall–Kier alpha value is -0.394. The molecule has 2 aliphatic rings. The Labute approximate surface area is 169 Å². The summed E-state index contributed by atoms with van der Waals surface area (Å²) >= 11 is 0. The fourth-order valence-electron chi connectivity index (χ4n) is 2.22. The summed E-state index contributed by atoms with van der Waals surface area (Å²) in [4.78, 5) is 16.4. The summed E-state index contributed by atoms with van der Waals surface area (Å²) in [5.74, 6) is 2.13. The van der Waals surface area contributed by atoms with Gasteiger partial charge in [-0.1, -0.05) is 25.0 Å². The molecule has 1 amide bonds. The van der Waals surface area contributed by atoms with Crippen LogP contribution < -0.4 is 56.7 Å². The van der Waals surface area contributed by atoms with Crippen LogP contribution in [-0.4, -0.2) is 10.9 Å². The van der Waals surface area contributed by atoms with Crippen molar-refractivity contribution >= 4 is 23.9 Å². The first kappa shape index (κ1) is 18.7. The van der Waals surface area contributed by atoms with E-state index in [2.05, 4.69) is 29.4 Å². The van der Waals surface area contributed by atoms with Crippen LogP contribution in [0, 0.1) is 19.3 Å². The number of fused-ring (bicyclic) bond motifs is 1. The van der Waals surface area contributed by atoms with Gasteiger partial charge in [0.05, 0.1) is 0 Å². The number of hydrogen-bond donors (Lipinski definition) is 1. The number of anilines is 1. The molecule has 1 aromatic heterocycles. The van der Waals surface area contributed by atoms with Crippen LogP contribution in [0.1, 0.15) is 37.4 Å². The normalized spacial score (nSPS) is 16.0. The first-order chi connectivity index (χ1) is 9.22. The zero-order valence-corrected chi connectivity index (χ0v) is 16.1. The number of nitrogens with zero attached hydrogens (tertiary/aromatic N) is 1. The third-order valence-electron chi connectivity index (χ3n) is 3.71. The van der Waals surface area contributed by atoms with Crippen molar-refractivity contribution in [3.63, 3.8) is 0 Å². The summed E-state index contributed by atoms with van der Waals surface area (Å²) in [5.41, 5.74) is 1.98. The van der Waals surface area contributed by atoms with Crippen LogP contribution in [0.25, 0.3) is 12.2 Å². The van der Waals surface area contributed by atoms with Gasteiger partial charge in [-0.3, -0.25) is 4.79 Å². The number of allylic oxidation sites excluding steroid dienone is 2. The second-order valence-electron chi connectivity index (χ2n) is 5.20. The van der Waals surface area contributed by atoms with Gasteiger partial charge in [-0.2, -0.15) is 18.1 Å². The molecule has 1 N–H and O–H groups in total. The summed E-state index contributed by atoms with van der Waals surface area (Å²) in [6.07, 6.45) is 11.3. The van der Waals surface area contributed by atoms with E-state index in [9.17, 15) is 4.79 Å². The van der Waals surface area contributed by atoms with E-state index in [1.165, 1.54) is 12.3 Å². The average Bonchev–Trinajstić information content (AvgIpc) is 2.49. The van der Waals surface area contributed by atoms with Gasteiger partial charge in [0.25, 0.3) is 0 Å². The maximum absolute atomic E-state index is 11.9. The molecule has 1 fully saturated rings. The molecule has 0 bridgehead atoms. The molecule has 1 aromatic rings. The third kappa shape index (κ3) is 4.54. The van der Waals surface area contributed by atoms with Crippen molar-refractivity contribution in [2.24, 2.45) is 5.92 Å². The van der Waals surface area contributed by atoms with E-state index in [0.717, 1.165) is 24.1 Å². The van der Waals surface area contributed by atoms with E-state index in [0.29, 0.717) is 5.82 Å². The number of pyridine rings is 1. The predicted octanol–water partition coefficient (Wildman–Crippen LogP) is 0.909. The molecule has 0 aliphatic heterocycles. The Morgan fingerprint density at radius 3 is 2.67 bits per heavy atom. The molecular formula is C17H20KN2O-. The van der Waals surface area contributed by atoms with Crippen molar-refractivity contribution in [3.8, 4) is 0 Å². The minimum absolute atomic E-state index is 0. The summed E-state index contributed by atoms with van der Waals surface area (Å²) in [6, 6.07) is 3.87. The first-order valence-corrected chi connectivity index (χ1v) is 6.74. The molecule has 0 aromatic carbocycles. The monoisotopic (exact) mass is 307 g/mol. The van der Waals surface area contributed by atoms with Gasteiger partial charge in [0.2, 0.25) is 5.91 Å². The van der Waals surface area contributed by atoms with Gasteiger partial charge < -0.3 is 12.7 Å². The van der Waals surface area contributed by atoms with Crippen molar-refractivity contribution in [2.75, 3.05) is 5.32 Å². The van der Waals surface area contributed by atoms with E-state index < -0.39 is 0 Å². The number of rotatable bonds is 2. The standard InChI is InChI=1S/C16H17N2O.CH3.K/c1-11-5-7-12-8-10-15(17-14(12)9-6-11)18-16(19)13-3-2-4-13;;/h5-10,13H,2-4H2,1H3,(H,17,18,19);1H3;/q2*-1;+1. The average molecular weight is 307 g/mol. The minimum atomic E-state index is 0. The van der Waals surface area contributed by atoms with E-state index in [4.69, 9.17) is 0 Å². The Bertz CT molecular complexity index is 562. The number of carbonyl (C=O) groups is 1. The molecule has 21 heavy (non-hydrogen) atoms. The maximum Gasteiger partial charge on any atom is 1.00 e. The van der Waals surface area contributed by atoms with Crippen molar-refractivity contribution in [1.82, 2.24) is 4.98 Å². The zero-order valence-electron chi connectivity index (χ0n) is 13.0. The van der Waals surface area contributed by atoms with Crippen molar-refractivity contribution in [2.45, 2.75) is 26.2 Å². The van der Waals surface area contributed by atoms with Crippen LogP contribution in [0.3, 0.4) is 0 Å². The Morgan fingerprint density at radius 2 is 2.00 bits per heavy atom. The molecule has 1 saturated carbocycles. The zero-order chi connectivity index (χ0) is 13.2. The van der Waals surface area contributed by atoms with Crippen LogP contribution >= 0.6 is 0 Å². The van der Waals surface area contributed by atoms with Crippen molar-refractivity contribution < 1.29 is 56.2 Å². The Morgan fingerprint density at radius 1 is 1.29 bits per heavy atom. The van der Waals surface area contributed by atoms with Crippen molar-refractivity contribution in [3.05, 3.63) is 48.9 Å². The van der Waals surface area contributed by atoms with Gasteiger partial charge in [-0.05, 0) is 18.9 Å². The molecular weight excluding hydrogens is 287 g/mol. The number of aromatic nitrogens is 1. The molecule has 0 spiro atoms. The smallest absolute Gasteiger partial charge is 0.358 e. The van der Waals surface area contributed by atoms with Gasteiger partial charge in [-0.25, -0.2) is 4.98 Å². The summed E-state index contributed by atoms with van der Waals surface area (Å²) < 4.78 is 0. The largest absolute Gasteiger partial charge is 1.00 e. The minimum Gasteiger partial charge on any atom is -0.358 e. The Kier molecular flexibility index (Phi) is 7.37. The molecule has 2 aliphatic carbocycles. The number of carbonyl (C=O) groups excluding carboxylic acids is 1. The fraction of sp³-hybridized carbons (Fsp3) is 0.294. The SMILES string of the molecule is C[C-]1C=Cc2ccc(NC(=O)C3CCC3)nc2C=C1.[CH3-].[K+]. The fourth-order valence-corrected chi connectivity index (χ4v) is 2.22. The van der Waals surface area contributed by atoms with Crippen molar-refractivity contribution in [1.29, 1.82) is 0 Å². The van der Waals surface area contributed by atoms with E-state index >= 15 is 0 Å². The summed E-state index contributed by atoms with van der Waals surface area (Å²) in [7, 11) is 0. The molecule has 106 valence electrons. The van der Waals surface area contributed by atoms with Crippen LogP contribution in [0.2, 0.25) is 0 Å². The van der Waals surface area contributed by atoms with Crippen LogP contribution in [0.5, 0.6) is 0 Å². The molecule has 3 nitrogen and oxygen atoms in total. The molecule has 4 heteroatoms. The molecule has 1 heterocycles. The van der Waals surface area contributed by atoms with Gasteiger partial charge >= 0.3 is 51.4 Å². The molecule has 0 saturated heterocycles. The second-order valence-corrected chi connectivity index (χ2v) is 5.20. The van der Waals surface area contributed by atoms with Crippen LogP contribution in [0.4, 0.5) is 5.82 Å². The van der Waals surface area contributed by atoms with Gasteiger partial charge in [0.15, 0.2) is 0 Å². The quantitative estimate of drug-likeness (QED) is 0.652. The van der Waals surface area contributed by atoms with E-state index in [1.54, 1.807) is 0 Å². The Balaban J connectivity index is 0.00000110. The number of nitrogens with one attached hydrogen (secondary N) is 1.